The standard InChI is InChI=1S/C18H13BrN4O6/c1-9-6-10(19)2-4-14(9)22-17(26)12(16(25)21-18(22)27)8-20-13-7-11(23(28)29)3-5-15(13)24/h2-8,24,26H,1H3,(H,21,25,27). The first-order chi connectivity index (χ1) is 13.7. The first-order valence-corrected chi connectivity index (χ1v) is 8.84. The lowest BCUT2D eigenvalue weighted by Crippen LogP contribution is -2.31. The summed E-state index contributed by atoms with van der Waals surface area (Å²) in [5, 5.41) is 31.3. The van der Waals surface area contributed by atoms with E-state index < -0.39 is 22.1 Å². The van der Waals surface area contributed by atoms with Crippen molar-refractivity contribution in [3.05, 3.63) is 83.0 Å². The molecule has 2 aromatic carbocycles. The highest BCUT2D eigenvalue weighted by Gasteiger charge is 2.16. The van der Waals surface area contributed by atoms with Gasteiger partial charge >= 0.3 is 5.69 Å². The fraction of sp³-hybridized carbons (Fsp3) is 0.0556. The van der Waals surface area contributed by atoms with Gasteiger partial charge in [-0.05, 0) is 36.8 Å². The number of phenols is 1. The minimum absolute atomic E-state index is 0.185. The van der Waals surface area contributed by atoms with Crippen LogP contribution in [0.1, 0.15) is 11.1 Å². The SMILES string of the molecule is Cc1cc(Br)ccc1-n1c(O)c(C=Nc2cc([N+](=O)[O-])ccc2O)c(=O)[nH]c1=O. The summed E-state index contributed by atoms with van der Waals surface area (Å²) in [4.78, 5) is 40.6. The number of nitro benzene ring substituents is 1. The minimum atomic E-state index is -0.910. The molecule has 1 heterocycles. The number of rotatable bonds is 4. The number of hydrogen-bond acceptors (Lipinski definition) is 7. The summed E-state index contributed by atoms with van der Waals surface area (Å²) in [7, 11) is 0. The van der Waals surface area contributed by atoms with E-state index >= 15 is 0 Å². The number of H-pyrrole nitrogens is 1. The third kappa shape index (κ3) is 3.94. The molecule has 0 amide bonds. The number of nitro groups is 1. The zero-order chi connectivity index (χ0) is 21.3. The second kappa shape index (κ2) is 7.72. The van der Waals surface area contributed by atoms with Crippen molar-refractivity contribution in [1.29, 1.82) is 0 Å². The molecule has 0 atom stereocenters. The van der Waals surface area contributed by atoms with Gasteiger partial charge in [0.15, 0.2) is 0 Å². The molecule has 3 aromatic rings. The number of halogens is 1. The minimum Gasteiger partial charge on any atom is -0.506 e. The van der Waals surface area contributed by atoms with Crippen molar-refractivity contribution in [2.24, 2.45) is 4.99 Å². The molecule has 3 N–H and O–H groups in total. The van der Waals surface area contributed by atoms with Gasteiger partial charge in [-0.2, -0.15) is 0 Å². The zero-order valence-electron chi connectivity index (χ0n) is 14.8. The van der Waals surface area contributed by atoms with Gasteiger partial charge in [-0.25, -0.2) is 9.36 Å². The highest BCUT2D eigenvalue weighted by molar-refractivity contribution is 9.10. The largest absolute Gasteiger partial charge is 0.506 e. The number of aromatic hydroxyl groups is 2. The van der Waals surface area contributed by atoms with E-state index in [0.717, 1.165) is 33.5 Å². The molecule has 0 bridgehead atoms. The van der Waals surface area contributed by atoms with E-state index in [2.05, 4.69) is 25.9 Å². The van der Waals surface area contributed by atoms with Gasteiger partial charge in [-0.15, -0.1) is 0 Å². The van der Waals surface area contributed by atoms with E-state index in [1.807, 2.05) is 0 Å². The zero-order valence-corrected chi connectivity index (χ0v) is 16.4. The van der Waals surface area contributed by atoms with E-state index in [1.54, 1.807) is 25.1 Å². The summed E-state index contributed by atoms with van der Waals surface area (Å²) in [5.41, 5.74) is -1.65. The summed E-state index contributed by atoms with van der Waals surface area (Å²) < 4.78 is 1.66. The van der Waals surface area contributed by atoms with Crippen molar-refractivity contribution in [2.75, 3.05) is 0 Å². The van der Waals surface area contributed by atoms with Gasteiger partial charge in [-0.1, -0.05) is 15.9 Å². The van der Waals surface area contributed by atoms with Gasteiger partial charge in [0, 0.05) is 22.8 Å². The van der Waals surface area contributed by atoms with Crippen molar-refractivity contribution in [1.82, 2.24) is 9.55 Å². The fourth-order valence-electron chi connectivity index (χ4n) is 2.61. The summed E-state index contributed by atoms with van der Waals surface area (Å²) in [5.74, 6) is -1.03. The normalized spacial score (nSPS) is 11.1. The molecule has 1 aromatic heterocycles. The maximum atomic E-state index is 12.3. The molecule has 0 radical (unpaired) electrons. The van der Waals surface area contributed by atoms with Gasteiger partial charge in [-0.3, -0.25) is 24.9 Å². The Morgan fingerprint density at radius 1 is 1.21 bits per heavy atom. The van der Waals surface area contributed by atoms with Crippen LogP contribution < -0.4 is 11.2 Å². The van der Waals surface area contributed by atoms with Gasteiger partial charge in [0.2, 0.25) is 5.88 Å². The molecule has 0 spiro atoms. The van der Waals surface area contributed by atoms with E-state index in [0.29, 0.717) is 11.3 Å². The van der Waals surface area contributed by atoms with Crippen molar-refractivity contribution < 1.29 is 15.1 Å². The number of benzene rings is 2. The fourth-order valence-corrected chi connectivity index (χ4v) is 3.09. The van der Waals surface area contributed by atoms with Gasteiger partial charge in [0.1, 0.15) is 17.0 Å². The van der Waals surface area contributed by atoms with Gasteiger partial charge < -0.3 is 10.2 Å². The number of aryl methyl sites for hydroxylation is 1. The van der Waals surface area contributed by atoms with E-state index in [1.165, 1.54) is 0 Å². The van der Waals surface area contributed by atoms with Crippen LogP contribution in [0.2, 0.25) is 0 Å². The van der Waals surface area contributed by atoms with Crippen LogP contribution in [-0.2, 0) is 0 Å². The molecule has 0 aliphatic carbocycles. The van der Waals surface area contributed by atoms with Crippen LogP contribution in [0.5, 0.6) is 11.6 Å². The number of nitrogens with zero attached hydrogens (tertiary/aromatic N) is 3. The van der Waals surface area contributed by atoms with Crippen LogP contribution in [0, 0.1) is 17.0 Å². The second-order valence-corrected chi connectivity index (χ2v) is 6.87. The highest BCUT2D eigenvalue weighted by Crippen LogP contribution is 2.30. The molecular weight excluding hydrogens is 448 g/mol. The summed E-state index contributed by atoms with van der Waals surface area (Å²) in [6.07, 6.45) is 0.914. The molecule has 29 heavy (non-hydrogen) atoms. The van der Waals surface area contributed by atoms with Crippen molar-refractivity contribution in [3.8, 4) is 17.3 Å². The lowest BCUT2D eigenvalue weighted by molar-refractivity contribution is -0.384. The number of nitrogens with one attached hydrogen (secondary N) is 1. The number of phenolic OH excluding ortho intramolecular Hbond substituents is 1. The van der Waals surface area contributed by atoms with Crippen LogP contribution in [0.4, 0.5) is 11.4 Å². The number of hydrogen-bond donors (Lipinski definition) is 3. The lowest BCUT2D eigenvalue weighted by Gasteiger charge is -2.12. The second-order valence-electron chi connectivity index (χ2n) is 5.95. The Labute approximate surface area is 170 Å². The van der Waals surface area contributed by atoms with E-state index in [-0.39, 0.29) is 22.7 Å². The average molecular weight is 461 g/mol. The molecule has 3 rings (SSSR count). The van der Waals surface area contributed by atoms with Crippen LogP contribution in [0.15, 0.2) is 55.5 Å². The van der Waals surface area contributed by atoms with Crippen LogP contribution in [-0.4, -0.2) is 30.9 Å². The third-order valence-electron chi connectivity index (χ3n) is 4.02. The molecule has 0 aliphatic heterocycles. The number of aromatic nitrogens is 2. The molecule has 148 valence electrons. The molecule has 10 nitrogen and oxygen atoms in total. The Hall–Kier alpha value is -3.73. The molecule has 0 unspecified atom stereocenters. The summed E-state index contributed by atoms with van der Waals surface area (Å²) >= 11 is 3.30. The Morgan fingerprint density at radius 2 is 1.93 bits per heavy atom. The highest BCUT2D eigenvalue weighted by atomic mass is 79.9. The first kappa shape index (κ1) is 20.0. The maximum absolute atomic E-state index is 12.3. The molecule has 0 saturated carbocycles. The molecular formula is C18H13BrN4O6. The Bertz CT molecular complexity index is 1280. The van der Waals surface area contributed by atoms with Crippen molar-refractivity contribution in [2.45, 2.75) is 6.92 Å². The van der Waals surface area contributed by atoms with Crippen LogP contribution in [0.3, 0.4) is 0 Å². The third-order valence-corrected chi connectivity index (χ3v) is 4.52. The first-order valence-electron chi connectivity index (χ1n) is 8.05. The smallest absolute Gasteiger partial charge is 0.335 e. The number of aromatic amines is 1. The predicted molar refractivity (Wildman–Crippen MR) is 109 cm³/mol. The Kier molecular flexibility index (Phi) is 5.33. The number of aliphatic imine (C=N–C) groups is 1. The van der Waals surface area contributed by atoms with Crippen LogP contribution in [0.25, 0.3) is 5.69 Å². The Balaban J connectivity index is 2.16. The molecule has 0 saturated heterocycles. The summed E-state index contributed by atoms with van der Waals surface area (Å²) in [6, 6.07) is 8.14. The van der Waals surface area contributed by atoms with Crippen molar-refractivity contribution >= 4 is 33.5 Å². The van der Waals surface area contributed by atoms with Crippen LogP contribution >= 0.6 is 15.9 Å². The molecule has 11 heteroatoms. The quantitative estimate of drug-likeness (QED) is 0.309. The maximum Gasteiger partial charge on any atom is 0.335 e. The van der Waals surface area contributed by atoms with Crippen molar-refractivity contribution in [3.63, 3.8) is 0 Å². The predicted octanol–water partition coefficient (Wildman–Crippen LogP) is 2.67. The topological polar surface area (TPSA) is 151 Å². The average Bonchev–Trinajstić information content (AvgIpc) is 2.64. The van der Waals surface area contributed by atoms with E-state index in [9.17, 15) is 29.9 Å². The Morgan fingerprint density at radius 3 is 2.59 bits per heavy atom. The molecule has 0 fully saturated rings. The summed E-state index contributed by atoms with van der Waals surface area (Å²) in [6.45, 7) is 1.71. The monoisotopic (exact) mass is 460 g/mol. The molecule has 0 aliphatic rings. The van der Waals surface area contributed by atoms with Gasteiger partial charge in [0.05, 0.1) is 10.6 Å². The van der Waals surface area contributed by atoms with E-state index in [4.69, 9.17) is 0 Å². The van der Waals surface area contributed by atoms with Gasteiger partial charge in [0.25, 0.3) is 11.2 Å². The lowest BCUT2D eigenvalue weighted by atomic mass is 10.2. The number of non-ortho nitro benzene ring substituents is 1.